The van der Waals surface area contributed by atoms with Crippen LogP contribution in [-0.2, 0) is 4.79 Å². The van der Waals surface area contributed by atoms with Crippen LogP contribution in [0.1, 0.15) is 5.56 Å². The van der Waals surface area contributed by atoms with Crippen molar-refractivity contribution in [1.29, 1.82) is 5.26 Å². The molecular formula is C21H20N4O5. The Morgan fingerprint density at radius 2 is 1.90 bits per heavy atom. The fourth-order valence-electron chi connectivity index (χ4n) is 3.28. The second-order valence-electron chi connectivity index (χ2n) is 6.63. The van der Waals surface area contributed by atoms with E-state index in [2.05, 4.69) is 4.90 Å². The van der Waals surface area contributed by atoms with Gasteiger partial charge in [0.2, 0.25) is 5.75 Å². The van der Waals surface area contributed by atoms with Gasteiger partial charge < -0.3 is 19.6 Å². The molecule has 1 amide bonds. The summed E-state index contributed by atoms with van der Waals surface area (Å²) >= 11 is 0. The van der Waals surface area contributed by atoms with Crippen molar-refractivity contribution in [2.24, 2.45) is 0 Å². The number of hydrogen-bond donors (Lipinski definition) is 1. The molecule has 0 radical (unpaired) electrons. The first-order valence-corrected chi connectivity index (χ1v) is 9.21. The lowest BCUT2D eigenvalue weighted by Crippen LogP contribution is -2.49. The third-order valence-corrected chi connectivity index (χ3v) is 4.84. The number of para-hydroxylation sites is 1. The number of anilines is 1. The molecule has 1 aliphatic heterocycles. The molecule has 9 nitrogen and oxygen atoms in total. The van der Waals surface area contributed by atoms with Crippen molar-refractivity contribution in [2.45, 2.75) is 0 Å². The highest BCUT2D eigenvalue weighted by Crippen LogP contribution is 2.37. The molecule has 1 N–H and O–H groups in total. The number of methoxy groups -OCH3 is 1. The van der Waals surface area contributed by atoms with E-state index in [0.717, 1.165) is 11.8 Å². The normalized spacial score (nSPS) is 14.2. The van der Waals surface area contributed by atoms with Crippen molar-refractivity contribution in [3.8, 4) is 17.6 Å². The lowest BCUT2D eigenvalue weighted by Gasteiger charge is -2.36. The molecule has 0 atom stereocenters. The van der Waals surface area contributed by atoms with Crippen molar-refractivity contribution >= 4 is 23.4 Å². The number of piperazine rings is 1. The van der Waals surface area contributed by atoms with Crippen LogP contribution >= 0.6 is 0 Å². The van der Waals surface area contributed by atoms with Crippen LogP contribution in [0, 0.1) is 21.4 Å². The smallest absolute Gasteiger partial charge is 0.315 e. The molecule has 0 saturated carbocycles. The van der Waals surface area contributed by atoms with Crippen LogP contribution in [0.5, 0.6) is 11.5 Å². The monoisotopic (exact) mass is 408 g/mol. The molecule has 0 unspecified atom stereocenters. The second kappa shape index (κ2) is 8.96. The predicted octanol–water partition coefficient (Wildman–Crippen LogP) is 2.56. The van der Waals surface area contributed by atoms with Crippen LogP contribution in [0.2, 0.25) is 0 Å². The summed E-state index contributed by atoms with van der Waals surface area (Å²) in [6.45, 7) is 2.16. The first kappa shape index (κ1) is 20.7. The number of phenols is 1. The summed E-state index contributed by atoms with van der Waals surface area (Å²) in [5, 5.41) is 30.5. The zero-order valence-electron chi connectivity index (χ0n) is 16.3. The van der Waals surface area contributed by atoms with Crippen LogP contribution in [0.25, 0.3) is 6.08 Å². The van der Waals surface area contributed by atoms with Crippen molar-refractivity contribution < 1.29 is 19.6 Å². The van der Waals surface area contributed by atoms with E-state index in [1.807, 2.05) is 36.4 Å². The van der Waals surface area contributed by atoms with E-state index in [0.29, 0.717) is 26.2 Å². The standard InChI is InChI=1S/C21H20N4O5/c1-30-19-13-15(12-18(20(19)26)25(28)29)11-16(14-22)21(27)24-9-7-23(8-10-24)17-5-3-2-4-6-17/h2-6,11-13,26H,7-10H2,1H3/b16-11-. The molecule has 1 saturated heterocycles. The van der Waals surface area contributed by atoms with Gasteiger partial charge in [0.25, 0.3) is 5.91 Å². The minimum atomic E-state index is -0.758. The van der Waals surface area contributed by atoms with Gasteiger partial charge in [-0.15, -0.1) is 0 Å². The SMILES string of the molecule is COc1cc(/C=C(/C#N)C(=O)N2CCN(c3ccccc3)CC2)cc([N+](=O)[O-])c1O. The first-order valence-electron chi connectivity index (χ1n) is 9.21. The van der Waals surface area contributed by atoms with Crippen LogP contribution in [-0.4, -0.2) is 54.1 Å². The molecule has 0 bridgehead atoms. The first-order chi connectivity index (χ1) is 14.4. The van der Waals surface area contributed by atoms with Gasteiger partial charge in [-0.1, -0.05) is 18.2 Å². The zero-order chi connectivity index (χ0) is 21.7. The van der Waals surface area contributed by atoms with Gasteiger partial charge in [-0.25, -0.2) is 0 Å². The Bertz CT molecular complexity index is 1020. The Morgan fingerprint density at radius 1 is 1.23 bits per heavy atom. The lowest BCUT2D eigenvalue weighted by molar-refractivity contribution is -0.386. The number of nitrogens with zero attached hydrogens (tertiary/aromatic N) is 4. The molecule has 3 rings (SSSR count). The summed E-state index contributed by atoms with van der Waals surface area (Å²) in [5.74, 6) is -1.17. The van der Waals surface area contributed by atoms with Crippen LogP contribution in [0.4, 0.5) is 11.4 Å². The summed E-state index contributed by atoms with van der Waals surface area (Å²) in [6, 6.07) is 14.2. The largest absolute Gasteiger partial charge is 0.500 e. The molecule has 9 heteroatoms. The predicted molar refractivity (Wildman–Crippen MR) is 110 cm³/mol. The molecule has 30 heavy (non-hydrogen) atoms. The number of carbonyl (C=O) groups excluding carboxylic acids is 1. The van der Waals surface area contributed by atoms with E-state index >= 15 is 0 Å². The van der Waals surface area contributed by atoms with Gasteiger partial charge in [0.15, 0.2) is 5.75 Å². The summed E-state index contributed by atoms with van der Waals surface area (Å²) in [6.07, 6.45) is 1.26. The Morgan fingerprint density at radius 3 is 2.47 bits per heavy atom. The van der Waals surface area contributed by atoms with Gasteiger partial charge in [0, 0.05) is 37.9 Å². The molecule has 2 aromatic rings. The van der Waals surface area contributed by atoms with E-state index in [1.165, 1.54) is 19.3 Å². The van der Waals surface area contributed by atoms with Gasteiger partial charge in [-0.3, -0.25) is 14.9 Å². The molecule has 0 spiro atoms. The molecule has 1 heterocycles. The number of amides is 1. The number of nitro benzene ring substituents is 1. The van der Waals surface area contributed by atoms with Crippen LogP contribution < -0.4 is 9.64 Å². The molecule has 0 aromatic heterocycles. The van der Waals surface area contributed by atoms with Gasteiger partial charge in [0.1, 0.15) is 11.6 Å². The van der Waals surface area contributed by atoms with Crippen LogP contribution in [0.3, 0.4) is 0 Å². The number of benzene rings is 2. The minimum absolute atomic E-state index is 0.114. The van der Waals surface area contributed by atoms with Gasteiger partial charge in [-0.2, -0.15) is 5.26 Å². The average molecular weight is 408 g/mol. The maximum Gasteiger partial charge on any atom is 0.315 e. The van der Waals surface area contributed by atoms with E-state index in [-0.39, 0.29) is 16.9 Å². The van der Waals surface area contributed by atoms with Crippen molar-refractivity contribution in [3.05, 3.63) is 63.7 Å². The second-order valence-corrected chi connectivity index (χ2v) is 6.63. The third-order valence-electron chi connectivity index (χ3n) is 4.84. The molecule has 1 aliphatic rings. The molecular weight excluding hydrogens is 388 g/mol. The minimum Gasteiger partial charge on any atom is -0.500 e. The van der Waals surface area contributed by atoms with Gasteiger partial charge in [-0.05, 0) is 29.8 Å². The quantitative estimate of drug-likeness (QED) is 0.349. The summed E-state index contributed by atoms with van der Waals surface area (Å²) in [7, 11) is 1.26. The highest BCUT2D eigenvalue weighted by Gasteiger charge is 2.25. The van der Waals surface area contributed by atoms with Crippen LogP contribution in [0.15, 0.2) is 48.0 Å². The molecule has 2 aromatic carbocycles. The van der Waals surface area contributed by atoms with Gasteiger partial charge >= 0.3 is 5.69 Å². The fourth-order valence-corrected chi connectivity index (χ4v) is 3.28. The van der Waals surface area contributed by atoms with Crippen molar-refractivity contribution in [3.63, 3.8) is 0 Å². The number of aromatic hydroxyl groups is 1. The Balaban J connectivity index is 1.79. The maximum absolute atomic E-state index is 12.8. The Hall–Kier alpha value is -4.06. The van der Waals surface area contributed by atoms with E-state index in [1.54, 1.807) is 4.90 Å². The lowest BCUT2D eigenvalue weighted by atomic mass is 10.1. The molecule has 0 aliphatic carbocycles. The van der Waals surface area contributed by atoms with Crippen molar-refractivity contribution in [1.82, 2.24) is 4.90 Å². The Kier molecular flexibility index (Phi) is 6.17. The van der Waals surface area contributed by atoms with E-state index in [9.17, 15) is 25.3 Å². The molecule has 154 valence electrons. The topological polar surface area (TPSA) is 120 Å². The average Bonchev–Trinajstić information content (AvgIpc) is 2.78. The number of hydrogen-bond acceptors (Lipinski definition) is 7. The zero-order valence-corrected chi connectivity index (χ0v) is 16.3. The van der Waals surface area contributed by atoms with E-state index < -0.39 is 22.3 Å². The number of nitro groups is 1. The third kappa shape index (κ3) is 4.33. The number of phenolic OH excluding ortho intramolecular Hbond substituents is 1. The fraction of sp³-hybridized carbons (Fsp3) is 0.238. The number of rotatable bonds is 5. The molecule has 1 fully saturated rings. The Labute approximate surface area is 173 Å². The van der Waals surface area contributed by atoms with Crippen molar-refractivity contribution in [2.75, 3.05) is 38.2 Å². The summed E-state index contributed by atoms with van der Waals surface area (Å²) in [4.78, 5) is 27.0. The number of nitriles is 1. The summed E-state index contributed by atoms with van der Waals surface area (Å²) < 4.78 is 4.95. The highest BCUT2D eigenvalue weighted by molar-refractivity contribution is 6.02. The summed E-state index contributed by atoms with van der Waals surface area (Å²) in [5.41, 5.74) is 0.570. The number of carbonyl (C=O) groups is 1. The highest BCUT2D eigenvalue weighted by atomic mass is 16.6. The van der Waals surface area contributed by atoms with Gasteiger partial charge in [0.05, 0.1) is 12.0 Å². The van der Waals surface area contributed by atoms with E-state index in [4.69, 9.17) is 4.74 Å². The maximum atomic E-state index is 12.8. The number of ether oxygens (including phenoxy) is 1.